The summed E-state index contributed by atoms with van der Waals surface area (Å²) in [5.41, 5.74) is -0.0150. The second-order valence-corrected chi connectivity index (χ2v) is 5.95. The van der Waals surface area contributed by atoms with E-state index in [9.17, 15) is 10.1 Å². The molecule has 0 saturated heterocycles. The molecule has 106 valence electrons. The summed E-state index contributed by atoms with van der Waals surface area (Å²) in [6, 6.07) is 1.56. The number of nitrogens with zero attached hydrogens (tertiary/aromatic N) is 3. The van der Waals surface area contributed by atoms with Gasteiger partial charge in [-0.15, -0.1) is 0 Å². The van der Waals surface area contributed by atoms with Crippen LogP contribution in [0, 0.1) is 16.0 Å². The van der Waals surface area contributed by atoms with Crippen LogP contribution in [-0.4, -0.2) is 41.5 Å². The maximum atomic E-state index is 11.0. The first-order valence-corrected chi connectivity index (χ1v) is 6.81. The Labute approximate surface area is 121 Å². The number of hydrogen-bond acceptors (Lipinski definition) is 5. The van der Waals surface area contributed by atoms with Gasteiger partial charge in [0.15, 0.2) is 0 Å². The SMILES string of the molecule is CC(C)C(CN(C)C)Nc1ncc(Br)cc1[N+](=O)[O-]. The van der Waals surface area contributed by atoms with Gasteiger partial charge in [0.25, 0.3) is 0 Å². The smallest absolute Gasteiger partial charge is 0.312 e. The van der Waals surface area contributed by atoms with Crippen molar-refractivity contribution in [3.8, 4) is 0 Å². The number of anilines is 1. The first-order valence-electron chi connectivity index (χ1n) is 6.02. The van der Waals surface area contributed by atoms with Crippen LogP contribution in [0.15, 0.2) is 16.7 Å². The summed E-state index contributed by atoms with van der Waals surface area (Å²) in [7, 11) is 3.95. The van der Waals surface area contributed by atoms with Gasteiger partial charge in [0.05, 0.1) is 4.92 Å². The van der Waals surface area contributed by atoms with Crippen molar-refractivity contribution in [1.29, 1.82) is 0 Å². The lowest BCUT2D eigenvalue weighted by molar-refractivity contribution is -0.384. The van der Waals surface area contributed by atoms with Crippen molar-refractivity contribution < 1.29 is 4.92 Å². The molecular weight excluding hydrogens is 312 g/mol. The zero-order chi connectivity index (χ0) is 14.6. The van der Waals surface area contributed by atoms with Crippen molar-refractivity contribution in [1.82, 2.24) is 9.88 Å². The molecule has 1 unspecified atom stereocenters. The minimum Gasteiger partial charge on any atom is -0.360 e. The summed E-state index contributed by atoms with van der Waals surface area (Å²) in [6.45, 7) is 4.93. The van der Waals surface area contributed by atoms with Gasteiger partial charge in [-0.05, 0) is 35.9 Å². The standard InChI is InChI=1S/C12H19BrN4O2/c1-8(2)10(7-16(3)4)15-12-11(17(18)19)5-9(13)6-14-12/h5-6,8,10H,7H2,1-4H3,(H,14,15). The fourth-order valence-electron chi connectivity index (χ4n) is 1.67. The molecule has 0 aliphatic carbocycles. The van der Waals surface area contributed by atoms with Crippen LogP contribution in [0.2, 0.25) is 0 Å². The van der Waals surface area contributed by atoms with Crippen molar-refractivity contribution in [3.63, 3.8) is 0 Å². The van der Waals surface area contributed by atoms with Gasteiger partial charge in [-0.3, -0.25) is 10.1 Å². The second kappa shape index (κ2) is 6.81. The minimum absolute atomic E-state index is 0.0150. The number of rotatable bonds is 6. The van der Waals surface area contributed by atoms with E-state index in [4.69, 9.17) is 0 Å². The molecule has 1 aromatic rings. The van der Waals surface area contributed by atoms with Crippen molar-refractivity contribution in [2.24, 2.45) is 5.92 Å². The first kappa shape index (κ1) is 15.8. The molecule has 19 heavy (non-hydrogen) atoms. The molecule has 0 fully saturated rings. The van der Waals surface area contributed by atoms with E-state index in [1.54, 1.807) is 6.20 Å². The molecule has 1 N–H and O–H groups in total. The Morgan fingerprint density at radius 2 is 2.16 bits per heavy atom. The van der Waals surface area contributed by atoms with E-state index in [0.717, 1.165) is 6.54 Å². The summed E-state index contributed by atoms with van der Waals surface area (Å²) in [5, 5.41) is 14.2. The maximum absolute atomic E-state index is 11.0. The highest BCUT2D eigenvalue weighted by atomic mass is 79.9. The number of pyridine rings is 1. The number of halogens is 1. The Morgan fingerprint density at radius 3 is 2.63 bits per heavy atom. The zero-order valence-corrected chi connectivity index (χ0v) is 13.1. The number of aromatic nitrogens is 1. The second-order valence-electron chi connectivity index (χ2n) is 5.04. The van der Waals surface area contributed by atoms with Crippen LogP contribution in [0.25, 0.3) is 0 Å². The molecule has 0 amide bonds. The van der Waals surface area contributed by atoms with Gasteiger partial charge in [-0.25, -0.2) is 4.98 Å². The van der Waals surface area contributed by atoms with Gasteiger partial charge in [-0.2, -0.15) is 0 Å². The highest BCUT2D eigenvalue weighted by molar-refractivity contribution is 9.10. The van der Waals surface area contributed by atoms with Crippen molar-refractivity contribution in [2.45, 2.75) is 19.9 Å². The molecule has 6 nitrogen and oxygen atoms in total. The summed E-state index contributed by atoms with van der Waals surface area (Å²) < 4.78 is 0.596. The molecular formula is C12H19BrN4O2. The van der Waals surface area contributed by atoms with Crippen LogP contribution in [-0.2, 0) is 0 Å². The van der Waals surface area contributed by atoms with Gasteiger partial charge >= 0.3 is 5.69 Å². The number of nitrogens with one attached hydrogen (secondary N) is 1. The third-order valence-corrected chi connectivity index (χ3v) is 3.15. The van der Waals surface area contributed by atoms with Gasteiger partial charge in [-0.1, -0.05) is 13.8 Å². The Kier molecular flexibility index (Phi) is 5.68. The molecule has 0 bridgehead atoms. The molecule has 0 aliphatic heterocycles. The molecule has 0 aliphatic rings. The van der Waals surface area contributed by atoms with E-state index in [1.165, 1.54) is 6.07 Å². The first-order chi connectivity index (χ1) is 8.81. The number of nitro groups is 1. The predicted molar refractivity (Wildman–Crippen MR) is 79.4 cm³/mol. The van der Waals surface area contributed by atoms with Crippen molar-refractivity contribution >= 4 is 27.4 Å². The lowest BCUT2D eigenvalue weighted by Crippen LogP contribution is -2.36. The topological polar surface area (TPSA) is 71.3 Å². The van der Waals surface area contributed by atoms with Crippen LogP contribution in [0.4, 0.5) is 11.5 Å². The van der Waals surface area contributed by atoms with E-state index in [-0.39, 0.29) is 11.7 Å². The van der Waals surface area contributed by atoms with Crippen LogP contribution in [0.3, 0.4) is 0 Å². The maximum Gasteiger partial charge on any atom is 0.312 e. The Bertz CT molecular complexity index is 451. The monoisotopic (exact) mass is 330 g/mol. The van der Waals surface area contributed by atoms with E-state index in [2.05, 4.69) is 40.1 Å². The molecule has 0 spiro atoms. The molecule has 1 atom stereocenters. The van der Waals surface area contributed by atoms with Crippen LogP contribution < -0.4 is 5.32 Å². The summed E-state index contributed by atoms with van der Waals surface area (Å²) in [4.78, 5) is 16.8. The van der Waals surface area contributed by atoms with Gasteiger partial charge in [0.1, 0.15) is 0 Å². The fraction of sp³-hybridized carbons (Fsp3) is 0.583. The van der Waals surface area contributed by atoms with Crippen LogP contribution in [0.1, 0.15) is 13.8 Å². The van der Waals surface area contributed by atoms with Crippen LogP contribution in [0.5, 0.6) is 0 Å². The Morgan fingerprint density at radius 1 is 1.53 bits per heavy atom. The van der Waals surface area contributed by atoms with Crippen LogP contribution >= 0.6 is 15.9 Å². The summed E-state index contributed by atoms with van der Waals surface area (Å²) >= 11 is 3.20. The average molecular weight is 331 g/mol. The number of likely N-dealkylation sites (N-methyl/N-ethyl adjacent to an activating group) is 1. The van der Waals surface area contributed by atoms with Gasteiger partial charge in [0.2, 0.25) is 5.82 Å². The van der Waals surface area contributed by atoms with E-state index in [1.807, 2.05) is 19.0 Å². The minimum atomic E-state index is -0.423. The number of hydrogen-bond donors (Lipinski definition) is 1. The van der Waals surface area contributed by atoms with E-state index in [0.29, 0.717) is 16.2 Å². The fourth-order valence-corrected chi connectivity index (χ4v) is 1.99. The zero-order valence-electron chi connectivity index (χ0n) is 11.6. The van der Waals surface area contributed by atoms with Gasteiger partial charge in [0, 0.05) is 29.3 Å². The lowest BCUT2D eigenvalue weighted by atomic mass is 10.0. The molecule has 1 rings (SSSR count). The third-order valence-electron chi connectivity index (χ3n) is 2.72. The normalized spacial score (nSPS) is 12.8. The summed E-state index contributed by atoms with van der Waals surface area (Å²) in [5.74, 6) is 0.654. The lowest BCUT2D eigenvalue weighted by Gasteiger charge is -2.25. The molecule has 0 radical (unpaired) electrons. The molecule has 0 aromatic carbocycles. The Hall–Kier alpha value is -1.21. The quantitative estimate of drug-likeness (QED) is 0.641. The third kappa shape index (κ3) is 4.76. The van der Waals surface area contributed by atoms with E-state index >= 15 is 0 Å². The predicted octanol–water partition coefficient (Wildman–Crippen LogP) is 2.75. The Balaban J connectivity index is 2.99. The molecule has 1 aromatic heterocycles. The van der Waals surface area contributed by atoms with Crippen molar-refractivity contribution in [3.05, 3.63) is 26.9 Å². The highest BCUT2D eigenvalue weighted by Crippen LogP contribution is 2.26. The van der Waals surface area contributed by atoms with Crippen molar-refractivity contribution in [2.75, 3.05) is 26.0 Å². The summed E-state index contributed by atoms with van der Waals surface area (Å²) in [6.07, 6.45) is 1.56. The largest absolute Gasteiger partial charge is 0.360 e. The average Bonchev–Trinajstić information content (AvgIpc) is 2.29. The molecule has 0 saturated carbocycles. The molecule has 7 heteroatoms. The molecule has 1 heterocycles. The van der Waals surface area contributed by atoms with E-state index < -0.39 is 4.92 Å². The highest BCUT2D eigenvalue weighted by Gasteiger charge is 2.21. The van der Waals surface area contributed by atoms with Gasteiger partial charge < -0.3 is 10.2 Å².